The van der Waals surface area contributed by atoms with Crippen molar-refractivity contribution < 1.29 is 9.59 Å². The predicted octanol–water partition coefficient (Wildman–Crippen LogP) is 4.14. The van der Waals surface area contributed by atoms with E-state index in [9.17, 15) is 9.59 Å². The van der Waals surface area contributed by atoms with E-state index in [2.05, 4.69) is 48.3 Å². The second kappa shape index (κ2) is 8.01. The van der Waals surface area contributed by atoms with Crippen molar-refractivity contribution in [1.29, 1.82) is 0 Å². The molecule has 4 aromatic rings. The topological polar surface area (TPSA) is 105 Å². The quantitative estimate of drug-likeness (QED) is 0.401. The van der Waals surface area contributed by atoms with Gasteiger partial charge in [0.05, 0.1) is 23.6 Å². The molecule has 4 heterocycles. The number of fused-ring (bicyclic) bond motifs is 3. The molecule has 2 aliphatic carbocycles. The van der Waals surface area contributed by atoms with E-state index in [1.165, 1.54) is 24.7 Å². The van der Waals surface area contributed by atoms with Gasteiger partial charge < -0.3 is 19.9 Å². The molecule has 1 aromatic carbocycles. The van der Waals surface area contributed by atoms with Gasteiger partial charge >= 0.3 is 0 Å². The monoisotopic (exact) mass is 513 g/mol. The average Bonchev–Trinajstić information content (AvgIpc) is 3.81. The van der Waals surface area contributed by atoms with Crippen LogP contribution in [0.1, 0.15) is 42.0 Å². The predicted molar refractivity (Wildman–Crippen MR) is 140 cm³/mol. The molecule has 1 spiro atoms. The molecule has 1 aliphatic heterocycles. The second-order valence-electron chi connectivity index (χ2n) is 10.1. The van der Waals surface area contributed by atoms with E-state index in [0.29, 0.717) is 35.5 Å². The number of hydrogen-bond donors (Lipinski definition) is 2. The molecule has 10 heteroatoms. The molecule has 2 amide bonds. The number of nitrogens with zero attached hydrogens (tertiary/aromatic N) is 5. The summed E-state index contributed by atoms with van der Waals surface area (Å²) in [5.41, 5.74) is 3.91. The lowest BCUT2D eigenvalue weighted by Crippen LogP contribution is -2.32. The van der Waals surface area contributed by atoms with Crippen LogP contribution < -0.4 is 15.5 Å². The van der Waals surface area contributed by atoms with Crippen LogP contribution in [0.5, 0.6) is 0 Å². The van der Waals surface area contributed by atoms with E-state index in [1.807, 2.05) is 12.3 Å². The minimum absolute atomic E-state index is 0.0772. The Hall–Kier alpha value is -3.98. The first kappa shape index (κ1) is 22.2. The highest BCUT2D eigenvalue weighted by molar-refractivity contribution is 6.31. The number of imidazole rings is 1. The number of halogens is 1. The Morgan fingerprint density at radius 2 is 1.97 bits per heavy atom. The first-order chi connectivity index (χ1) is 17.9. The number of aromatic nitrogens is 4. The van der Waals surface area contributed by atoms with Gasteiger partial charge in [-0.1, -0.05) is 17.7 Å². The molecule has 2 N–H and O–H groups in total. The molecular weight excluding hydrogens is 490 g/mol. The first-order valence-electron chi connectivity index (χ1n) is 12.3. The van der Waals surface area contributed by atoms with Crippen molar-refractivity contribution in [2.75, 3.05) is 22.6 Å². The Morgan fingerprint density at radius 1 is 1.14 bits per heavy atom. The number of carbonyl (C=O) groups excluding carboxylic acids is 2. The van der Waals surface area contributed by atoms with Gasteiger partial charge in [0.1, 0.15) is 23.6 Å². The highest BCUT2D eigenvalue weighted by atomic mass is 35.5. The molecule has 9 nitrogen and oxygen atoms in total. The maximum atomic E-state index is 13.1. The molecule has 37 heavy (non-hydrogen) atoms. The molecular formula is C27H24ClN7O2. The van der Waals surface area contributed by atoms with Crippen LogP contribution >= 0.6 is 11.6 Å². The number of benzene rings is 1. The second-order valence-corrected chi connectivity index (χ2v) is 10.6. The third-order valence-corrected chi connectivity index (χ3v) is 7.94. The number of anilines is 3. The highest BCUT2D eigenvalue weighted by Gasteiger charge is 2.69. The largest absolute Gasteiger partial charge is 0.364 e. The maximum Gasteiger partial charge on any atom is 0.238 e. The zero-order valence-electron chi connectivity index (χ0n) is 20.1. The van der Waals surface area contributed by atoms with Crippen molar-refractivity contribution in [1.82, 2.24) is 19.4 Å². The van der Waals surface area contributed by atoms with Crippen molar-refractivity contribution in [2.24, 2.45) is 5.92 Å². The van der Waals surface area contributed by atoms with Gasteiger partial charge in [-0.3, -0.25) is 9.59 Å². The fourth-order valence-electron chi connectivity index (χ4n) is 5.52. The molecule has 3 aliphatic rings. The fraction of sp³-hybridized carbons (Fsp3) is 0.296. The number of amides is 2. The molecule has 3 aromatic heterocycles. The van der Waals surface area contributed by atoms with Gasteiger partial charge in [-0.2, -0.15) is 0 Å². The Balaban J connectivity index is 1.03. The highest BCUT2D eigenvalue weighted by Crippen LogP contribution is 2.62. The van der Waals surface area contributed by atoms with Crippen LogP contribution in [-0.2, 0) is 21.5 Å². The van der Waals surface area contributed by atoms with Crippen molar-refractivity contribution in [3.63, 3.8) is 0 Å². The molecule has 0 radical (unpaired) electrons. The van der Waals surface area contributed by atoms with Crippen LogP contribution in [0.25, 0.3) is 5.65 Å². The first-order valence-corrected chi connectivity index (χ1v) is 12.7. The summed E-state index contributed by atoms with van der Waals surface area (Å²) >= 11 is 6.21. The van der Waals surface area contributed by atoms with Crippen LogP contribution in [0, 0.1) is 5.92 Å². The van der Waals surface area contributed by atoms with Gasteiger partial charge in [-0.15, -0.1) is 0 Å². The summed E-state index contributed by atoms with van der Waals surface area (Å²) in [6, 6.07) is 11.3. The lowest BCUT2D eigenvalue weighted by Gasteiger charge is -2.11. The molecule has 2 saturated carbocycles. The third-order valence-electron chi connectivity index (χ3n) is 7.71. The van der Waals surface area contributed by atoms with Crippen molar-refractivity contribution in [3.05, 3.63) is 77.0 Å². The lowest BCUT2D eigenvalue weighted by molar-refractivity contribution is -0.123. The molecule has 7 rings (SSSR count). The standard InChI is InChI=1S/C27H24ClN7O2/c1-34-21-6-5-17(28)8-19(21)27(26(34)37)10-20(27)25(36)33-23-9-22(30-14-31-23)29-11-18-13-35-12-16(15-2-3-15)4-7-24(35)32-18/h4-9,12-15,20H,2-3,10-11H2,1H3,(H2,29,30,31,33,36)/t20-,27+/m0/s1. The van der Waals surface area contributed by atoms with E-state index in [4.69, 9.17) is 11.6 Å². The maximum absolute atomic E-state index is 13.1. The minimum atomic E-state index is -0.852. The fourth-order valence-corrected chi connectivity index (χ4v) is 5.69. The number of nitrogens with one attached hydrogen (secondary N) is 2. The smallest absolute Gasteiger partial charge is 0.238 e. The van der Waals surface area contributed by atoms with Gasteiger partial charge in [0.15, 0.2) is 0 Å². The molecule has 0 unspecified atom stereocenters. The minimum Gasteiger partial charge on any atom is -0.364 e. The Morgan fingerprint density at radius 3 is 2.81 bits per heavy atom. The number of pyridine rings is 1. The number of hydrogen-bond acceptors (Lipinski definition) is 6. The number of carbonyl (C=O) groups is 2. The van der Waals surface area contributed by atoms with Gasteiger partial charge in [0.25, 0.3) is 0 Å². The summed E-state index contributed by atoms with van der Waals surface area (Å²) in [6.45, 7) is 0.481. The summed E-state index contributed by atoms with van der Waals surface area (Å²) in [5, 5.41) is 6.67. The molecule has 2 fully saturated rings. The Bertz CT molecular complexity index is 1600. The lowest BCUT2D eigenvalue weighted by atomic mass is 9.94. The molecule has 2 atom stereocenters. The Labute approximate surface area is 217 Å². The van der Waals surface area contributed by atoms with E-state index >= 15 is 0 Å². The van der Waals surface area contributed by atoms with Gasteiger partial charge in [-0.05, 0) is 60.6 Å². The summed E-state index contributed by atoms with van der Waals surface area (Å²) in [5.74, 6) is 0.831. The van der Waals surface area contributed by atoms with E-state index in [1.54, 1.807) is 30.1 Å². The van der Waals surface area contributed by atoms with Crippen LogP contribution in [0.2, 0.25) is 5.02 Å². The zero-order chi connectivity index (χ0) is 25.3. The summed E-state index contributed by atoms with van der Waals surface area (Å²) in [7, 11) is 1.73. The average molecular weight is 514 g/mol. The van der Waals surface area contributed by atoms with Crippen LogP contribution in [0.4, 0.5) is 17.3 Å². The van der Waals surface area contributed by atoms with Crippen molar-refractivity contribution >= 4 is 46.4 Å². The van der Waals surface area contributed by atoms with E-state index < -0.39 is 11.3 Å². The number of likely N-dealkylation sites (N-methyl/N-ethyl adjacent to an activating group) is 1. The summed E-state index contributed by atoms with van der Waals surface area (Å²) < 4.78 is 2.06. The van der Waals surface area contributed by atoms with Crippen LogP contribution in [0.15, 0.2) is 55.1 Å². The SMILES string of the molecule is CN1C(=O)[C@]2(C[C@H]2C(=O)Nc2cc(NCc3cn4cc(C5CC5)ccc4n3)ncn2)c2cc(Cl)ccc21. The summed E-state index contributed by atoms with van der Waals surface area (Å²) in [4.78, 5) is 41.0. The zero-order valence-corrected chi connectivity index (χ0v) is 20.9. The normalized spacial score (nSPS) is 21.9. The van der Waals surface area contributed by atoms with Crippen molar-refractivity contribution in [2.45, 2.75) is 37.1 Å². The molecule has 186 valence electrons. The molecule has 0 saturated heterocycles. The molecule has 0 bridgehead atoms. The van der Waals surface area contributed by atoms with Crippen LogP contribution in [0.3, 0.4) is 0 Å². The van der Waals surface area contributed by atoms with Gasteiger partial charge in [0.2, 0.25) is 11.8 Å². The van der Waals surface area contributed by atoms with Crippen molar-refractivity contribution in [3.8, 4) is 0 Å². The van der Waals surface area contributed by atoms with Gasteiger partial charge in [-0.25, -0.2) is 15.0 Å². The van der Waals surface area contributed by atoms with Gasteiger partial charge in [0, 0.05) is 36.2 Å². The van der Waals surface area contributed by atoms with E-state index in [-0.39, 0.29) is 11.8 Å². The van der Waals surface area contributed by atoms with E-state index in [0.717, 1.165) is 22.6 Å². The third kappa shape index (κ3) is 3.64. The van der Waals surface area contributed by atoms with Crippen LogP contribution in [-0.4, -0.2) is 38.2 Å². The summed E-state index contributed by atoms with van der Waals surface area (Å²) in [6.07, 6.45) is 8.55. The number of rotatable bonds is 6. The Kier molecular flexibility index (Phi) is 4.81.